The lowest BCUT2D eigenvalue weighted by Crippen LogP contribution is -2.30. The number of hydrogen-bond acceptors (Lipinski definition) is 3. The van der Waals surface area contributed by atoms with Crippen LogP contribution in [0.2, 0.25) is 0 Å². The van der Waals surface area contributed by atoms with Crippen LogP contribution in [-0.2, 0) is 11.2 Å². The Bertz CT molecular complexity index is 756. The quantitative estimate of drug-likeness (QED) is 0.535. The van der Waals surface area contributed by atoms with E-state index in [-0.39, 0.29) is 5.91 Å². The van der Waals surface area contributed by atoms with Crippen LogP contribution in [0.4, 0.5) is 0 Å². The lowest BCUT2D eigenvalue weighted by Gasteiger charge is -2.14. The van der Waals surface area contributed by atoms with Crippen molar-refractivity contribution in [3.8, 4) is 0 Å². The molecule has 0 radical (unpaired) electrons. The Kier molecular flexibility index (Phi) is 5.30. The first-order chi connectivity index (χ1) is 11.1. The van der Waals surface area contributed by atoms with Gasteiger partial charge in [0.1, 0.15) is 4.32 Å². The molecule has 2 aromatic carbocycles. The highest BCUT2D eigenvalue weighted by atomic mass is 79.9. The van der Waals surface area contributed by atoms with Crippen molar-refractivity contribution in [3.63, 3.8) is 0 Å². The molecule has 3 rings (SSSR count). The molecule has 0 spiro atoms. The van der Waals surface area contributed by atoms with Crippen molar-refractivity contribution in [3.05, 3.63) is 75.1 Å². The van der Waals surface area contributed by atoms with Crippen molar-refractivity contribution in [2.75, 3.05) is 6.54 Å². The highest BCUT2D eigenvalue weighted by molar-refractivity contribution is 9.10. The molecule has 0 unspecified atom stereocenters. The number of thiocarbonyl (C=S) groups is 1. The van der Waals surface area contributed by atoms with Crippen LogP contribution in [0, 0.1) is 0 Å². The van der Waals surface area contributed by atoms with Gasteiger partial charge >= 0.3 is 0 Å². The fourth-order valence-corrected chi connectivity index (χ4v) is 3.86. The zero-order chi connectivity index (χ0) is 16.2. The van der Waals surface area contributed by atoms with E-state index < -0.39 is 0 Å². The summed E-state index contributed by atoms with van der Waals surface area (Å²) in [5.41, 5.74) is 2.20. The maximum absolute atomic E-state index is 12.5. The van der Waals surface area contributed by atoms with Gasteiger partial charge in [-0.1, -0.05) is 82.4 Å². The van der Waals surface area contributed by atoms with Crippen LogP contribution in [0.1, 0.15) is 11.1 Å². The Hall–Kier alpha value is -1.43. The second-order valence-corrected chi connectivity index (χ2v) is 7.71. The summed E-state index contributed by atoms with van der Waals surface area (Å²) in [5, 5.41) is 0. The SMILES string of the molecule is O=C1C(=Cc2ccc(Br)cc2)SC(=S)N1CCc1ccccc1. The van der Waals surface area contributed by atoms with E-state index in [1.807, 2.05) is 48.5 Å². The van der Waals surface area contributed by atoms with Crippen molar-refractivity contribution < 1.29 is 4.79 Å². The third-order valence-corrected chi connectivity index (χ3v) is 5.41. The number of halogens is 1. The summed E-state index contributed by atoms with van der Waals surface area (Å²) in [6.07, 6.45) is 2.70. The first kappa shape index (κ1) is 16.4. The predicted molar refractivity (Wildman–Crippen MR) is 104 cm³/mol. The number of amides is 1. The average molecular weight is 404 g/mol. The fraction of sp³-hybridized carbons (Fsp3) is 0.111. The topological polar surface area (TPSA) is 20.3 Å². The summed E-state index contributed by atoms with van der Waals surface area (Å²) in [6, 6.07) is 18.0. The van der Waals surface area contributed by atoms with E-state index in [4.69, 9.17) is 12.2 Å². The molecular weight excluding hydrogens is 390 g/mol. The van der Waals surface area contributed by atoms with Gasteiger partial charge in [0.25, 0.3) is 5.91 Å². The maximum Gasteiger partial charge on any atom is 0.266 e. The first-order valence-electron chi connectivity index (χ1n) is 7.18. The minimum Gasteiger partial charge on any atom is -0.293 e. The molecule has 2 aromatic rings. The molecule has 2 nitrogen and oxygen atoms in total. The monoisotopic (exact) mass is 403 g/mol. The van der Waals surface area contributed by atoms with Crippen molar-refractivity contribution >= 4 is 56.2 Å². The van der Waals surface area contributed by atoms with Crippen molar-refractivity contribution in [2.24, 2.45) is 0 Å². The van der Waals surface area contributed by atoms with Gasteiger partial charge in [0, 0.05) is 11.0 Å². The molecule has 1 aliphatic heterocycles. The molecule has 116 valence electrons. The summed E-state index contributed by atoms with van der Waals surface area (Å²) in [4.78, 5) is 14.9. The van der Waals surface area contributed by atoms with Gasteiger partial charge in [-0.05, 0) is 35.8 Å². The van der Waals surface area contributed by atoms with Gasteiger partial charge in [-0.3, -0.25) is 9.69 Å². The Balaban J connectivity index is 1.71. The van der Waals surface area contributed by atoms with Crippen LogP contribution in [0.5, 0.6) is 0 Å². The third-order valence-electron chi connectivity index (χ3n) is 3.51. The van der Waals surface area contributed by atoms with Crippen molar-refractivity contribution in [2.45, 2.75) is 6.42 Å². The summed E-state index contributed by atoms with van der Waals surface area (Å²) < 4.78 is 1.65. The van der Waals surface area contributed by atoms with Crippen LogP contribution in [0.15, 0.2) is 64.0 Å². The zero-order valence-electron chi connectivity index (χ0n) is 12.2. The molecule has 1 saturated heterocycles. The second-order valence-electron chi connectivity index (χ2n) is 5.12. The summed E-state index contributed by atoms with van der Waals surface area (Å²) >= 11 is 10.1. The molecule has 0 aliphatic carbocycles. The van der Waals surface area contributed by atoms with E-state index in [1.54, 1.807) is 4.90 Å². The second kappa shape index (κ2) is 7.43. The molecular formula is C18H14BrNOS2. The number of carbonyl (C=O) groups excluding carboxylic acids is 1. The maximum atomic E-state index is 12.5. The van der Waals surface area contributed by atoms with E-state index in [1.165, 1.54) is 17.3 Å². The van der Waals surface area contributed by atoms with Gasteiger partial charge in [0.05, 0.1) is 4.91 Å². The van der Waals surface area contributed by atoms with Gasteiger partial charge in [-0.2, -0.15) is 0 Å². The van der Waals surface area contributed by atoms with Crippen LogP contribution in [0.25, 0.3) is 6.08 Å². The van der Waals surface area contributed by atoms with E-state index in [0.717, 1.165) is 16.5 Å². The number of hydrogen-bond donors (Lipinski definition) is 0. The fourth-order valence-electron chi connectivity index (χ4n) is 2.29. The van der Waals surface area contributed by atoms with E-state index >= 15 is 0 Å². The highest BCUT2D eigenvalue weighted by Gasteiger charge is 2.31. The molecule has 1 amide bonds. The Labute approximate surface area is 153 Å². The van der Waals surface area contributed by atoms with Gasteiger partial charge in [0.2, 0.25) is 0 Å². The number of thioether (sulfide) groups is 1. The molecule has 1 fully saturated rings. The highest BCUT2D eigenvalue weighted by Crippen LogP contribution is 2.32. The van der Waals surface area contributed by atoms with E-state index in [9.17, 15) is 4.79 Å². The van der Waals surface area contributed by atoms with Gasteiger partial charge in [-0.25, -0.2) is 0 Å². The smallest absolute Gasteiger partial charge is 0.266 e. The van der Waals surface area contributed by atoms with Crippen LogP contribution in [-0.4, -0.2) is 21.7 Å². The van der Waals surface area contributed by atoms with Crippen molar-refractivity contribution in [1.82, 2.24) is 4.90 Å². The number of rotatable bonds is 4. The Morgan fingerprint density at radius 1 is 1.09 bits per heavy atom. The van der Waals surface area contributed by atoms with Crippen LogP contribution >= 0.6 is 39.9 Å². The summed E-state index contributed by atoms with van der Waals surface area (Å²) in [7, 11) is 0. The summed E-state index contributed by atoms with van der Waals surface area (Å²) in [6.45, 7) is 0.617. The van der Waals surface area contributed by atoms with Crippen LogP contribution in [0.3, 0.4) is 0 Å². The summed E-state index contributed by atoms with van der Waals surface area (Å²) in [5.74, 6) is -0.00106. The predicted octanol–water partition coefficient (Wildman–Crippen LogP) is 4.89. The Morgan fingerprint density at radius 3 is 2.48 bits per heavy atom. The lowest BCUT2D eigenvalue weighted by molar-refractivity contribution is -0.122. The normalized spacial score (nSPS) is 16.4. The van der Waals surface area contributed by atoms with E-state index in [2.05, 4.69) is 28.1 Å². The molecule has 1 aliphatic rings. The zero-order valence-corrected chi connectivity index (χ0v) is 15.5. The molecule has 0 N–H and O–H groups in total. The minimum absolute atomic E-state index is 0.00106. The molecule has 23 heavy (non-hydrogen) atoms. The third kappa shape index (κ3) is 4.10. The number of benzene rings is 2. The molecule has 1 heterocycles. The molecule has 0 saturated carbocycles. The number of nitrogens with zero attached hydrogens (tertiary/aromatic N) is 1. The van der Waals surface area contributed by atoms with Crippen molar-refractivity contribution in [1.29, 1.82) is 0 Å². The van der Waals surface area contributed by atoms with Gasteiger partial charge in [0.15, 0.2) is 0 Å². The van der Waals surface area contributed by atoms with Gasteiger partial charge < -0.3 is 0 Å². The molecule has 0 atom stereocenters. The largest absolute Gasteiger partial charge is 0.293 e. The average Bonchev–Trinajstić information content (AvgIpc) is 2.82. The minimum atomic E-state index is -0.00106. The molecule has 5 heteroatoms. The molecule has 0 bridgehead atoms. The number of carbonyl (C=O) groups is 1. The Morgan fingerprint density at radius 2 is 1.78 bits per heavy atom. The standard InChI is InChI=1S/C18H14BrNOS2/c19-15-8-6-14(7-9-15)12-16-17(21)20(18(22)23-16)11-10-13-4-2-1-3-5-13/h1-9,12H,10-11H2. The van der Waals surface area contributed by atoms with Gasteiger partial charge in [-0.15, -0.1) is 0 Å². The first-order valence-corrected chi connectivity index (χ1v) is 9.20. The molecule has 0 aromatic heterocycles. The lowest BCUT2D eigenvalue weighted by atomic mass is 10.1. The van der Waals surface area contributed by atoms with E-state index in [0.29, 0.717) is 15.8 Å². The van der Waals surface area contributed by atoms with Crippen LogP contribution < -0.4 is 0 Å².